The number of aromatic nitrogens is 4. The first-order chi connectivity index (χ1) is 10.6. The molecule has 1 aliphatic carbocycles. The van der Waals surface area contributed by atoms with Gasteiger partial charge in [-0.25, -0.2) is 9.37 Å². The second-order valence-corrected chi connectivity index (χ2v) is 5.77. The molecule has 2 aromatic heterocycles. The lowest BCUT2D eigenvalue weighted by atomic mass is 10.2. The monoisotopic (exact) mass is 317 g/mol. The van der Waals surface area contributed by atoms with Crippen molar-refractivity contribution in [2.45, 2.75) is 26.2 Å². The smallest absolute Gasteiger partial charge is 0.254 e. The number of nitrogens with zero attached hydrogens (tertiary/aromatic N) is 4. The average Bonchev–Trinajstić information content (AvgIpc) is 3.08. The average molecular weight is 318 g/mol. The lowest BCUT2D eigenvalue weighted by molar-refractivity contribution is 0.628. The molecule has 112 valence electrons. The zero-order valence-electron chi connectivity index (χ0n) is 11.9. The molecule has 0 bridgehead atoms. The molecule has 7 heteroatoms. The van der Waals surface area contributed by atoms with Gasteiger partial charge in [0.1, 0.15) is 17.5 Å². The predicted molar refractivity (Wildman–Crippen MR) is 82.2 cm³/mol. The van der Waals surface area contributed by atoms with Gasteiger partial charge in [-0.15, -0.1) is 5.10 Å². The largest absolute Gasteiger partial charge is 0.340 e. The van der Waals surface area contributed by atoms with E-state index >= 15 is 0 Å². The first-order valence-corrected chi connectivity index (χ1v) is 7.47. The Morgan fingerprint density at radius 3 is 2.95 bits per heavy atom. The highest BCUT2D eigenvalue weighted by atomic mass is 35.5. The van der Waals surface area contributed by atoms with E-state index in [4.69, 9.17) is 11.6 Å². The van der Waals surface area contributed by atoms with Crippen LogP contribution in [0.25, 0.3) is 5.78 Å². The van der Waals surface area contributed by atoms with E-state index in [0.29, 0.717) is 17.3 Å². The van der Waals surface area contributed by atoms with Crippen molar-refractivity contribution in [1.82, 2.24) is 19.6 Å². The summed E-state index contributed by atoms with van der Waals surface area (Å²) < 4.78 is 15.0. The van der Waals surface area contributed by atoms with Gasteiger partial charge < -0.3 is 5.32 Å². The minimum Gasteiger partial charge on any atom is -0.340 e. The number of hydrogen-bond donors (Lipinski definition) is 1. The van der Waals surface area contributed by atoms with Gasteiger partial charge in [0.2, 0.25) is 0 Å². The maximum Gasteiger partial charge on any atom is 0.254 e. The Hall–Kier alpha value is -2.21. The number of hydrogen-bond acceptors (Lipinski definition) is 4. The minimum atomic E-state index is -0.436. The minimum absolute atomic E-state index is 0.0849. The van der Waals surface area contributed by atoms with Crippen LogP contribution in [0.4, 0.5) is 15.9 Å². The molecule has 2 heterocycles. The van der Waals surface area contributed by atoms with Crippen molar-refractivity contribution in [2.75, 3.05) is 5.32 Å². The van der Waals surface area contributed by atoms with Gasteiger partial charge in [-0.2, -0.15) is 9.50 Å². The SMILES string of the molecule is Cc1nc2nc3c(c(Nc4ccc(F)c(Cl)c4)n2n1)CCC3. The second-order valence-electron chi connectivity index (χ2n) is 5.36. The van der Waals surface area contributed by atoms with Crippen molar-refractivity contribution in [3.05, 3.63) is 46.1 Å². The van der Waals surface area contributed by atoms with Gasteiger partial charge >= 0.3 is 0 Å². The molecule has 22 heavy (non-hydrogen) atoms. The summed E-state index contributed by atoms with van der Waals surface area (Å²) in [5, 5.41) is 7.78. The maximum atomic E-state index is 13.3. The van der Waals surface area contributed by atoms with E-state index in [2.05, 4.69) is 20.4 Å². The highest BCUT2D eigenvalue weighted by Crippen LogP contribution is 2.31. The summed E-state index contributed by atoms with van der Waals surface area (Å²) in [6.45, 7) is 1.83. The Morgan fingerprint density at radius 1 is 1.27 bits per heavy atom. The topological polar surface area (TPSA) is 55.1 Å². The molecule has 0 fully saturated rings. The normalized spacial score (nSPS) is 13.6. The highest BCUT2D eigenvalue weighted by Gasteiger charge is 2.21. The molecule has 0 unspecified atom stereocenters. The molecule has 5 nitrogen and oxygen atoms in total. The van der Waals surface area contributed by atoms with Crippen LogP contribution < -0.4 is 5.32 Å². The van der Waals surface area contributed by atoms with Crippen molar-refractivity contribution in [1.29, 1.82) is 0 Å². The summed E-state index contributed by atoms with van der Waals surface area (Å²) in [7, 11) is 0. The van der Waals surface area contributed by atoms with Crippen LogP contribution in [0.3, 0.4) is 0 Å². The van der Waals surface area contributed by atoms with Gasteiger partial charge in [0.15, 0.2) is 0 Å². The highest BCUT2D eigenvalue weighted by molar-refractivity contribution is 6.31. The number of rotatable bonds is 2. The summed E-state index contributed by atoms with van der Waals surface area (Å²) in [6, 6.07) is 4.56. The molecular formula is C15H13ClFN5. The Labute approximate surface area is 131 Å². The lowest BCUT2D eigenvalue weighted by Crippen LogP contribution is -2.07. The third kappa shape index (κ3) is 2.11. The molecule has 0 spiro atoms. The number of benzene rings is 1. The molecule has 1 aliphatic rings. The van der Waals surface area contributed by atoms with Crippen LogP contribution in [0.15, 0.2) is 18.2 Å². The first-order valence-electron chi connectivity index (χ1n) is 7.09. The van der Waals surface area contributed by atoms with E-state index in [0.717, 1.165) is 36.3 Å². The molecule has 1 N–H and O–H groups in total. The van der Waals surface area contributed by atoms with Crippen LogP contribution in [0.5, 0.6) is 0 Å². The molecular weight excluding hydrogens is 305 g/mol. The quantitative estimate of drug-likeness (QED) is 0.786. The molecule has 0 aliphatic heterocycles. The zero-order chi connectivity index (χ0) is 15.3. The van der Waals surface area contributed by atoms with E-state index in [-0.39, 0.29) is 5.02 Å². The zero-order valence-corrected chi connectivity index (χ0v) is 12.7. The van der Waals surface area contributed by atoms with E-state index in [9.17, 15) is 4.39 Å². The van der Waals surface area contributed by atoms with Crippen LogP contribution in [0, 0.1) is 12.7 Å². The van der Waals surface area contributed by atoms with Crippen LogP contribution in [0.1, 0.15) is 23.5 Å². The standard InChI is InChI=1S/C15H13ClFN5/c1-8-18-15-20-13-4-2-3-10(13)14(22(15)21-8)19-9-5-6-12(17)11(16)7-9/h5-7,19H,2-4H2,1H3. The summed E-state index contributed by atoms with van der Waals surface area (Å²) in [5.74, 6) is 1.64. The lowest BCUT2D eigenvalue weighted by Gasteiger charge is -2.12. The fourth-order valence-corrected chi connectivity index (χ4v) is 3.00. The summed E-state index contributed by atoms with van der Waals surface area (Å²) in [5.41, 5.74) is 2.90. The predicted octanol–water partition coefficient (Wildman–Crippen LogP) is 3.46. The third-order valence-corrected chi connectivity index (χ3v) is 4.09. The van der Waals surface area contributed by atoms with Gasteiger partial charge in [-0.3, -0.25) is 0 Å². The van der Waals surface area contributed by atoms with E-state index in [1.54, 1.807) is 16.6 Å². The van der Waals surface area contributed by atoms with E-state index < -0.39 is 5.82 Å². The van der Waals surface area contributed by atoms with Crippen LogP contribution in [-0.2, 0) is 12.8 Å². The number of nitrogens with one attached hydrogen (secondary N) is 1. The van der Waals surface area contributed by atoms with E-state index in [1.165, 1.54) is 6.07 Å². The molecule has 0 saturated heterocycles. The molecule has 4 rings (SSSR count). The molecule has 0 atom stereocenters. The van der Waals surface area contributed by atoms with Crippen molar-refractivity contribution >= 4 is 28.9 Å². The number of anilines is 2. The van der Waals surface area contributed by atoms with Crippen molar-refractivity contribution in [3.63, 3.8) is 0 Å². The molecule has 3 aromatic rings. The van der Waals surface area contributed by atoms with Gasteiger partial charge in [-0.1, -0.05) is 11.6 Å². The van der Waals surface area contributed by atoms with Crippen LogP contribution in [-0.4, -0.2) is 19.6 Å². The van der Waals surface area contributed by atoms with Crippen molar-refractivity contribution in [3.8, 4) is 0 Å². The van der Waals surface area contributed by atoms with Gasteiger partial charge in [-0.05, 0) is 44.4 Å². The van der Waals surface area contributed by atoms with Crippen LogP contribution >= 0.6 is 11.6 Å². The molecule has 1 aromatic carbocycles. The number of aryl methyl sites for hydroxylation is 2. The summed E-state index contributed by atoms with van der Waals surface area (Å²) in [6.07, 6.45) is 2.94. The molecule has 0 amide bonds. The van der Waals surface area contributed by atoms with Crippen molar-refractivity contribution in [2.24, 2.45) is 0 Å². The first kappa shape index (κ1) is 13.5. The number of halogens is 2. The van der Waals surface area contributed by atoms with Gasteiger partial charge in [0, 0.05) is 11.3 Å². The Bertz CT molecular complexity index is 889. The fourth-order valence-electron chi connectivity index (χ4n) is 2.82. The van der Waals surface area contributed by atoms with E-state index in [1.807, 2.05) is 6.92 Å². The van der Waals surface area contributed by atoms with Crippen molar-refractivity contribution < 1.29 is 4.39 Å². The summed E-state index contributed by atoms with van der Waals surface area (Å²) >= 11 is 5.86. The Morgan fingerprint density at radius 2 is 2.14 bits per heavy atom. The van der Waals surface area contributed by atoms with Crippen LogP contribution in [0.2, 0.25) is 5.02 Å². The molecule has 0 saturated carbocycles. The Balaban J connectivity index is 1.87. The maximum absolute atomic E-state index is 13.3. The second kappa shape index (κ2) is 4.91. The fraction of sp³-hybridized carbons (Fsp3) is 0.267. The third-order valence-electron chi connectivity index (χ3n) is 3.80. The molecule has 0 radical (unpaired) electrons. The van der Waals surface area contributed by atoms with Gasteiger partial charge in [0.25, 0.3) is 5.78 Å². The number of fused-ring (bicyclic) bond motifs is 2. The van der Waals surface area contributed by atoms with Gasteiger partial charge in [0.05, 0.1) is 10.7 Å². The summed E-state index contributed by atoms with van der Waals surface area (Å²) in [4.78, 5) is 8.91. The Kier molecular flexibility index (Phi) is 3.00.